The van der Waals surface area contributed by atoms with E-state index in [9.17, 15) is 4.79 Å². The molecule has 0 radical (unpaired) electrons. The van der Waals surface area contributed by atoms with Crippen LogP contribution in [0.2, 0.25) is 0 Å². The lowest BCUT2D eigenvalue weighted by Gasteiger charge is -2.19. The van der Waals surface area contributed by atoms with Crippen molar-refractivity contribution in [3.05, 3.63) is 39.8 Å². The second kappa shape index (κ2) is 5.27. The highest BCUT2D eigenvalue weighted by molar-refractivity contribution is 7.09. The predicted molar refractivity (Wildman–Crippen MR) is 76.8 cm³/mol. The number of anilines is 2. The molecule has 0 fully saturated rings. The first-order chi connectivity index (χ1) is 8.97. The Morgan fingerprint density at radius 1 is 1.53 bits per heavy atom. The van der Waals surface area contributed by atoms with E-state index in [1.807, 2.05) is 24.3 Å². The van der Waals surface area contributed by atoms with Crippen LogP contribution in [-0.4, -0.2) is 23.1 Å². The Labute approximate surface area is 115 Å². The fraction of sp³-hybridized carbons (Fsp3) is 0.231. The van der Waals surface area contributed by atoms with Gasteiger partial charge in [-0.05, 0) is 25.1 Å². The Hall–Kier alpha value is -2.08. The Morgan fingerprint density at radius 2 is 2.26 bits per heavy atom. The van der Waals surface area contributed by atoms with E-state index in [2.05, 4.69) is 4.98 Å². The Bertz CT molecular complexity index is 610. The van der Waals surface area contributed by atoms with Gasteiger partial charge in [-0.15, -0.1) is 11.3 Å². The number of carboxylic acid groups (broad SMARTS) is 1. The topological polar surface area (TPSA) is 79.5 Å². The van der Waals surface area contributed by atoms with E-state index in [1.165, 1.54) is 0 Å². The molecule has 0 spiro atoms. The zero-order valence-corrected chi connectivity index (χ0v) is 11.6. The molecule has 0 unspecified atom stereocenters. The molecule has 0 amide bonds. The largest absolute Gasteiger partial charge is 0.478 e. The second-order valence-electron chi connectivity index (χ2n) is 4.29. The van der Waals surface area contributed by atoms with Gasteiger partial charge in [-0.3, -0.25) is 0 Å². The van der Waals surface area contributed by atoms with Crippen LogP contribution >= 0.6 is 11.3 Å². The molecule has 1 aromatic heterocycles. The first-order valence-electron chi connectivity index (χ1n) is 5.72. The lowest BCUT2D eigenvalue weighted by atomic mass is 10.1. The van der Waals surface area contributed by atoms with Crippen molar-refractivity contribution >= 4 is 28.7 Å². The van der Waals surface area contributed by atoms with Gasteiger partial charge in [-0.25, -0.2) is 9.78 Å². The van der Waals surface area contributed by atoms with Crippen molar-refractivity contribution < 1.29 is 9.90 Å². The number of aryl methyl sites for hydroxylation is 1. The molecule has 1 heterocycles. The molecule has 0 bridgehead atoms. The molecule has 0 saturated carbocycles. The molecular formula is C13H15N3O2S. The van der Waals surface area contributed by atoms with E-state index in [1.54, 1.807) is 29.5 Å². The average molecular weight is 277 g/mol. The zero-order chi connectivity index (χ0) is 14.0. The summed E-state index contributed by atoms with van der Waals surface area (Å²) in [6, 6.07) is 5.00. The van der Waals surface area contributed by atoms with E-state index in [4.69, 9.17) is 10.8 Å². The number of hydrogen-bond donors (Lipinski definition) is 2. The van der Waals surface area contributed by atoms with Gasteiger partial charge >= 0.3 is 5.97 Å². The quantitative estimate of drug-likeness (QED) is 0.839. The second-order valence-corrected chi connectivity index (χ2v) is 5.35. The number of hydrogen-bond acceptors (Lipinski definition) is 5. The van der Waals surface area contributed by atoms with Crippen molar-refractivity contribution in [2.75, 3.05) is 17.7 Å². The van der Waals surface area contributed by atoms with E-state index < -0.39 is 5.97 Å². The highest BCUT2D eigenvalue weighted by atomic mass is 32.1. The molecule has 0 saturated heterocycles. The van der Waals surface area contributed by atoms with Gasteiger partial charge in [0.05, 0.1) is 22.8 Å². The van der Waals surface area contributed by atoms with Crippen molar-refractivity contribution in [1.82, 2.24) is 4.98 Å². The van der Waals surface area contributed by atoms with Crippen LogP contribution in [0.25, 0.3) is 0 Å². The lowest BCUT2D eigenvalue weighted by molar-refractivity contribution is 0.0698. The van der Waals surface area contributed by atoms with Crippen molar-refractivity contribution in [2.24, 2.45) is 0 Å². The molecule has 2 aromatic rings. The van der Waals surface area contributed by atoms with Crippen LogP contribution in [-0.2, 0) is 6.54 Å². The molecule has 0 aliphatic carbocycles. The molecule has 1 aromatic carbocycles. The fourth-order valence-corrected chi connectivity index (χ4v) is 2.39. The van der Waals surface area contributed by atoms with Crippen molar-refractivity contribution in [3.8, 4) is 0 Å². The van der Waals surface area contributed by atoms with Crippen LogP contribution in [0.4, 0.5) is 11.4 Å². The summed E-state index contributed by atoms with van der Waals surface area (Å²) < 4.78 is 0. The summed E-state index contributed by atoms with van der Waals surface area (Å²) in [7, 11) is 1.89. The Kier molecular flexibility index (Phi) is 3.71. The van der Waals surface area contributed by atoms with Gasteiger partial charge in [0, 0.05) is 23.8 Å². The molecule has 19 heavy (non-hydrogen) atoms. The monoisotopic (exact) mass is 277 g/mol. The van der Waals surface area contributed by atoms with Crippen molar-refractivity contribution in [3.63, 3.8) is 0 Å². The molecule has 0 aliphatic heterocycles. The number of aromatic nitrogens is 1. The third-order valence-electron chi connectivity index (χ3n) is 2.77. The normalized spacial score (nSPS) is 10.4. The summed E-state index contributed by atoms with van der Waals surface area (Å²) in [6.07, 6.45) is 0. The number of carboxylic acids is 1. The first-order valence-corrected chi connectivity index (χ1v) is 6.60. The van der Waals surface area contributed by atoms with E-state index >= 15 is 0 Å². The van der Waals surface area contributed by atoms with Crippen LogP contribution in [0, 0.1) is 6.92 Å². The van der Waals surface area contributed by atoms with Crippen molar-refractivity contribution in [1.29, 1.82) is 0 Å². The van der Waals surface area contributed by atoms with Crippen LogP contribution in [0.5, 0.6) is 0 Å². The molecular weight excluding hydrogens is 262 g/mol. The minimum atomic E-state index is -1.02. The van der Waals surface area contributed by atoms with Gasteiger partial charge in [-0.1, -0.05) is 0 Å². The Morgan fingerprint density at radius 3 is 2.84 bits per heavy atom. The lowest BCUT2D eigenvalue weighted by Crippen LogP contribution is -2.17. The number of aromatic carboxylic acids is 1. The van der Waals surface area contributed by atoms with Gasteiger partial charge in [0.2, 0.25) is 0 Å². The zero-order valence-electron chi connectivity index (χ0n) is 10.8. The number of nitrogen functional groups attached to an aromatic ring is 1. The van der Waals surface area contributed by atoms with E-state index in [0.29, 0.717) is 6.54 Å². The maximum absolute atomic E-state index is 11.0. The third-order valence-corrected chi connectivity index (χ3v) is 3.60. The minimum Gasteiger partial charge on any atom is -0.478 e. The Balaban J connectivity index is 2.21. The molecule has 0 atom stereocenters. The molecule has 5 nitrogen and oxygen atoms in total. The number of nitrogens with two attached hydrogens (primary N) is 1. The smallest absolute Gasteiger partial charge is 0.337 e. The summed E-state index contributed by atoms with van der Waals surface area (Å²) >= 11 is 1.60. The summed E-state index contributed by atoms with van der Waals surface area (Å²) in [4.78, 5) is 17.4. The van der Waals surface area contributed by atoms with Crippen LogP contribution < -0.4 is 10.6 Å². The van der Waals surface area contributed by atoms with Crippen LogP contribution in [0.1, 0.15) is 21.1 Å². The highest BCUT2D eigenvalue weighted by Crippen LogP contribution is 2.22. The van der Waals surface area contributed by atoms with Gasteiger partial charge in [0.15, 0.2) is 0 Å². The number of thiazole rings is 1. The predicted octanol–water partition coefficient (Wildman–Crippen LogP) is 2.37. The maximum atomic E-state index is 11.0. The van der Waals surface area contributed by atoms with Gasteiger partial charge in [0.25, 0.3) is 0 Å². The van der Waals surface area contributed by atoms with Gasteiger partial charge in [0.1, 0.15) is 0 Å². The van der Waals surface area contributed by atoms with Crippen LogP contribution in [0.3, 0.4) is 0 Å². The number of benzene rings is 1. The van der Waals surface area contributed by atoms with Gasteiger partial charge in [-0.2, -0.15) is 0 Å². The van der Waals surface area contributed by atoms with E-state index in [0.717, 1.165) is 16.4 Å². The summed E-state index contributed by atoms with van der Waals surface area (Å²) in [5, 5.41) is 12.1. The molecule has 3 N–H and O–H groups in total. The standard InChI is InChI=1S/C13H15N3O2S/c1-8-15-9(7-19-8)6-16(2)10-3-4-12(14)11(5-10)13(17)18/h3-5,7H,6,14H2,1-2H3,(H,17,18). The molecule has 6 heteroatoms. The summed E-state index contributed by atoms with van der Waals surface area (Å²) in [6.45, 7) is 2.59. The van der Waals surface area contributed by atoms with Crippen LogP contribution in [0.15, 0.2) is 23.6 Å². The molecule has 100 valence electrons. The average Bonchev–Trinajstić information content (AvgIpc) is 2.74. The highest BCUT2D eigenvalue weighted by Gasteiger charge is 2.11. The number of rotatable bonds is 4. The fourth-order valence-electron chi connectivity index (χ4n) is 1.78. The minimum absolute atomic E-state index is 0.124. The van der Waals surface area contributed by atoms with E-state index in [-0.39, 0.29) is 11.3 Å². The summed E-state index contributed by atoms with van der Waals surface area (Å²) in [5.41, 5.74) is 7.81. The van der Waals surface area contributed by atoms with Gasteiger partial charge < -0.3 is 15.7 Å². The first kappa shape index (κ1) is 13.4. The van der Waals surface area contributed by atoms with Crippen molar-refractivity contribution in [2.45, 2.75) is 13.5 Å². The SMILES string of the molecule is Cc1nc(CN(C)c2ccc(N)c(C(=O)O)c2)cs1. The number of carbonyl (C=O) groups is 1. The third kappa shape index (κ3) is 3.03. The molecule has 0 aliphatic rings. The maximum Gasteiger partial charge on any atom is 0.337 e. The number of nitrogens with zero attached hydrogens (tertiary/aromatic N) is 2. The summed E-state index contributed by atoms with van der Waals surface area (Å²) in [5.74, 6) is -1.02. The molecule has 2 rings (SSSR count).